The van der Waals surface area contributed by atoms with E-state index in [0.29, 0.717) is 12.8 Å². The monoisotopic (exact) mass is 179 g/mol. The first-order valence-electron chi connectivity index (χ1n) is 4.73. The molecule has 0 fully saturated rings. The summed E-state index contributed by atoms with van der Waals surface area (Å²) in [6.07, 6.45) is 0.493. The second-order valence-electron chi connectivity index (χ2n) is 3.68. The van der Waals surface area contributed by atoms with Crippen molar-refractivity contribution in [2.24, 2.45) is 0 Å². The lowest BCUT2D eigenvalue weighted by atomic mass is 10.0. The molecule has 0 amide bonds. The highest BCUT2D eigenvalue weighted by Crippen LogP contribution is 2.23. The maximum absolute atomic E-state index is 13.2. The summed E-state index contributed by atoms with van der Waals surface area (Å²) in [6.45, 7) is 2.80. The van der Waals surface area contributed by atoms with Crippen molar-refractivity contribution in [2.45, 2.75) is 25.9 Å². The zero-order valence-electron chi connectivity index (χ0n) is 7.81. The van der Waals surface area contributed by atoms with Crippen LogP contribution in [0.5, 0.6) is 0 Å². The number of hydrogen-bond donors (Lipinski definition) is 1. The molecule has 0 bridgehead atoms. The van der Waals surface area contributed by atoms with Gasteiger partial charge in [0.2, 0.25) is 0 Å². The van der Waals surface area contributed by atoms with E-state index in [1.807, 2.05) is 12.1 Å². The third-order valence-electron chi connectivity index (χ3n) is 2.48. The van der Waals surface area contributed by atoms with Crippen molar-refractivity contribution in [1.82, 2.24) is 0 Å². The molecule has 1 aromatic carbocycles. The molecule has 2 heteroatoms. The van der Waals surface area contributed by atoms with Crippen LogP contribution in [-0.4, -0.2) is 12.7 Å². The van der Waals surface area contributed by atoms with Crippen LogP contribution in [0, 0.1) is 6.92 Å². The highest BCUT2D eigenvalue weighted by Gasteiger charge is 2.14. The number of anilines is 1. The van der Waals surface area contributed by atoms with Gasteiger partial charge in [-0.1, -0.05) is 12.1 Å². The van der Waals surface area contributed by atoms with E-state index >= 15 is 0 Å². The molecule has 0 saturated carbocycles. The SMILES string of the molecule is Cc1ccc2c(c1)NCCC(F)C2. The zero-order chi connectivity index (χ0) is 9.26. The Bertz CT molecular complexity index is 309. The van der Waals surface area contributed by atoms with Crippen molar-refractivity contribution in [1.29, 1.82) is 0 Å². The molecule has 1 nitrogen and oxygen atoms in total. The Hall–Kier alpha value is -1.05. The molecule has 0 aromatic heterocycles. The van der Waals surface area contributed by atoms with E-state index in [-0.39, 0.29) is 0 Å². The van der Waals surface area contributed by atoms with Crippen molar-refractivity contribution < 1.29 is 4.39 Å². The molecule has 1 N–H and O–H groups in total. The fourth-order valence-electron chi connectivity index (χ4n) is 1.74. The van der Waals surface area contributed by atoms with Gasteiger partial charge < -0.3 is 5.32 Å². The van der Waals surface area contributed by atoms with Crippen molar-refractivity contribution in [3.8, 4) is 0 Å². The van der Waals surface area contributed by atoms with E-state index in [9.17, 15) is 4.39 Å². The summed E-state index contributed by atoms with van der Waals surface area (Å²) < 4.78 is 13.2. The molecular weight excluding hydrogens is 165 g/mol. The number of alkyl halides is 1. The lowest BCUT2D eigenvalue weighted by Gasteiger charge is -2.07. The molecule has 0 saturated heterocycles. The molecule has 1 atom stereocenters. The summed E-state index contributed by atoms with van der Waals surface area (Å²) in [6, 6.07) is 6.15. The van der Waals surface area contributed by atoms with Gasteiger partial charge >= 0.3 is 0 Å². The van der Waals surface area contributed by atoms with Gasteiger partial charge in [0.25, 0.3) is 0 Å². The van der Waals surface area contributed by atoms with Crippen LogP contribution in [0.2, 0.25) is 0 Å². The molecule has 70 valence electrons. The van der Waals surface area contributed by atoms with Gasteiger partial charge in [0.15, 0.2) is 0 Å². The third kappa shape index (κ3) is 1.82. The van der Waals surface area contributed by atoms with Crippen molar-refractivity contribution >= 4 is 5.69 Å². The zero-order valence-corrected chi connectivity index (χ0v) is 7.81. The average molecular weight is 179 g/mol. The molecule has 0 radical (unpaired) electrons. The largest absolute Gasteiger partial charge is 0.385 e. The van der Waals surface area contributed by atoms with Crippen molar-refractivity contribution in [2.75, 3.05) is 11.9 Å². The van der Waals surface area contributed by atoms with E-state index in [0.717, 1.165) is 17.8 Å². The molecule has 2 rings (SSSR count). The van der Waals surface area contributed by atoms with Crippen molar-refractivity contribution in [3.63, 3.8) is 0 Å². The second kappa shape index (κ2) is 3.36. The van der Waals surface area contributed by atoms with Gasteiger partial charge in [-0.25, -0.2) is 4.39 Å². The van der Waals surface area contributed by atoms with Gasteiger partial charge in [-0.15, -0.1) is 0 Å². The Kier molecular flexibility index (Phi) is 2.21. The number of nitrogens with one attached hydrogen (secondary N) is 1. The molecule has 0 aliphatic carbocycles. The Morgan fingerprint density at radius 2 is 2.31 bits per heavy atom. The number of aryl methyl sites for hydroxylation is 1. The van der Waals surface area contributed by atoms with Crippen LogP contribution in [0.15, 0.2) is 18.2 Å². The van der Waals surface area contributed by atoms with E-state index in [1.54, 1.807) is 0 Å². The lowest BCUT2D eigenvalue weighted by Crippen LogP contribution is -2.05. The smallest absolute Gasteiger partial charge is 0.106 e. The third-order valence-corrected chi connectivity index (χ3v) is 2.48. The van der Waals surface area contributed by atoms with Crippen LogP contribution in [0.25, 0.3) is 0 Å². The lowest BCUT2D eigenvalue weighted by molar-refractivity contribution is 0.323. The predicted octanol–water partition coefficient (Wildman–Crippen LogP) is 2.69. The van der Waals surface area contributed by atoms with Gasteiger partial charge in [-0.05, 0) is 30.5 Å². The minimum atomic E-state index is -0.684. The molecule has 1 heterocycles. The standard InChI is InChI=1S/C11H14FN/c1-8-2-3-9-7-10(12)4-5-13-11(9)6-8/h2-3,6,10,13H,4-5,7H2,1H3. The Labute approximate surface area is 78.0 Å². The average Bonchev–Trinajstić information content (AvgIpc) is 2.25. The summed E-state index contributed by atoms with van der Waals surface area (Å²) in [4.78, 5) is 0. The number of fused-ring (bicyclic) bond motifs is 1. The quantitative estimate of drug-likeness (QED) is 0.645. The summed E-state index contributed by atoms with van der Waals surface area (Å²) in [5.74, 6) is 0. The van der Waals surface area contributed by atoms with Gasteiger partial charge in [-0.2, -0.15) is 0 Å². The topological polar surface area (TPSA) is 12.0 Å². The molecule has 0 spiro atoms. The van der Waals surface area contributed by atoms with E-state index in [1.165, 1.54) is 5.56 Å². The van der Waals surface area contributed by atoms with Crippen LogP contribution in [-0.2, 0) is 6.42 Å². The molecular formula is C11H14FN. The number of rotatable bonds is 0. The molecule has 1 aromatic rings. The number of halogens is 1. The van der Waals surface area contributed by atoms with Crippen molar-refractivity contribution in [3.05, 3.63) is 29.3 Å². The first kappa shape index (κ1) is 8.54. The maximum atomic E-state index is 13.2. The minimum absolute atomic E-state index is 0.558. The summed E-state index contributed by atoms with van der Waals surface area (Å²) in [7, 11) is 0. The summed E-state index contributed by atoms with van der Waals surface area (Å²) in [5.41, 5.74) is 3.44. The van der Waals surface area contributed by atoms with Crippen LogP contribution in [0.1, 0.15) is 17.5 Å². The van der Waals surface area contributed by atoms with Gasteiger partial charge in [0, 0.05) is 18.7 Å². The maximum Gasteiger partial charge on any atom is 0.106 e. The summed E-state index contributed by atoms with van der Waals surface area (Å²) >= 11 is 0. The first-order valence-corrected chi connectivity index (χ1v) is 4.73. The van der Waals surface area contributed by atoms with Crippen LogP contribution >= 0.6 is 0 Å². The fraction of sp³-hybridized carbons (Fsp3) is 0.455. The van der Waals surface area contributed by atoms with Crippen LogP contribution in [0.3, 0.4) is 0 Å². The van der Waals surface area contributed by atoms with E-state index in [4.69, 9.17) is 0 Å². The Morgan fingerprint density at radius 3 is 3.15 bits per heavy atom. The predicted molar refractivity (Wildman–Crippen MR) is 52.9 cm³/mol. The van der Waals surface area contributed by atoms with Gasteiger partial charge in [-0.3, -0.25) is 0 Å². The highest BCUT2D eigenvalue weighted by molar-refractivity contribution is 5.54. The van der Waals surface area contributed by atoms with Gasteiger partial charge in [0.1, 0.15) is 6.17 Å². The number of hydrogen-bond acceptors (Lipinski definition) is 1. The highest BCUT2D eigenvalue weighted by atomic mass is 19.1. The minimum Gasteiger partial charge on any atom is -0.385 e. The van der Waals surface area contributed by atoms with Crippen LogP contribution < -0.4 is 5.32 Å². The fourth-order valence-corrected chi connectivity index (χ4v) is 1.74. The van der Waals surface area contributed by atoms with Gasteiger partial charge in [0.05, 0.1) is 0 Å². The molecule has 1 unspecified atom stereocenters. The molecule has 13 heavy (non-hydrogen) atoms. The van der Waals surface area contributed by atoms with E-state index < -0.39 is 6.17 Å². The normalized spacial score (nSPS) is 21.5. The molecule has 1 aliphatic heterocycles. The first-order chi connectivity index (χ1) is 6.25. The Morgan fingerprint density at radius 1 is 1.46 bits per heavy atom. The molecule has 1 aliphatic rings. The summed E-state index contributed by atoms with van der Waals surface area (Å²) in [5, 5.41) is 3.26. The second-order valence-corrected chi connectivity index (χ2v) is 3.68. The van der Waals surface area contributed by atoms with Crippen LogP contribution in [0.4, 0.5) is 10.1 Å². The Balaban J connectivity index is 2.34. The van der Waals surface area contributed by atoms with E-state index in [2.05, 4.69) is 18.3 Å². The number of benzene rings is 1.